The van der Waals surface area contributed by atoms with Crippen LogP contribution in [-0.2, 0) is 33.4 Å². The van der Waals surface area contributed by atoms with Crippen LogP contribution in [0.1, 0.15) is 106 Å². The summed E-state index contributed by atoms with van der Waals surface area (Å²) in [5.41, 5.74) is 0.702. The number of ether oxygens (including phenoxy) is 2. The topological polar surface area (TPSA) is 158 Å². The highest BCUT2D eigenvalue weighted by Crippen LogP contribution is 2.30. The number of methoxy groups -OCH3 is 2. The Hall–Kier alpha value is -3.33. The van der Waals surface area contributed by atoms with Gasteiger partial charge in [-0.3, -0.25) is 24.0 Å². The molecule has 336 valence electrons. The van der Waals surface area contributed by atoms with Crippen LogP contribution < -0.4 is 10.6 Å². The smallest absolute Gasteiger partial charge is 0.245 e. The number of hydrogen-bond donors (Lipinski definition) is 3. The fraction of sp³-hybridized carbons (Fsp3) is 0.756. The van der Waals surface area contributed by atoms with Crippen LogP contribution in [0.15, 0.2) is 30.3 Å². The maximum Gasteiger partial charge on any atom is 0.245 e. The van der Waals surface area contributed by atoms with Crippen molar-refractivity contribution in [3.8, 4) is 0 Å². The number of carbonyl (C=O) groups excluding carboxylic acids is 5. The van der Waals surface area contributed by atoms with Crippen LogP contribution in [0.4, 0.5) is 0 Å². The quantitative estimate of drug-likeness (QED) is 0.122. The van der Waals surface area contributed by atoms with Crippen molar-refractivity contribution in [2.45, 2.75) is 162 Å². The maximum atomic E-state index is 14.5. The third kappa shape index (κ3) is 14.4. The van der Waals surface area contributed by atoms with Gasteiger partial charge in [0.15, 0.2) is 0 Å². The van der Waals surface area contributed by atoms with E-state index in [1.165, 1.54) is 4.90 Å². The average Bonchev–Trinajstić information content (AvgIpc) is 3.68. The number of aliphatic hydroxyl groups excluding tert-OH is 1. The van der Waals surface area contributed by atoms with Gasteiger partial charge in [0, 0.05) is 50.1 Å². The van der Waals surface area contributed by atoms with Crippen LogP contribution >= 0.6 is 0 Å². The Balaban J connectivity index is 2.26. The maximum absolute atomic E-state index is 14.5. The highest BCUT2D eigenvalue weighted by Gasteiger charge is 2.43. The fourth-order valence-electron chi connectivity index (χ4n) is 8.57. The first-order valence-corrected chi connectivity index (χ1v) is 25.1. The first kappa shape index (κ1) is 51.8. The van der Waals surface area contributed by atoms with Crippen LogP contribution in [0.5, 0.6) is 0 Å². The predicted octanol–water partition coefficient (Wildman–Crippen LogP) is 5.04. The number of amides is 5. The predicted molar refractivity (Wildman–Crippen MR) is 236 cm³/mol. The molecule has 1 aromatic carbocycles. The summed E-state index contributed by atoms with van der Waals surface area (Å²) in [5, 5.41) is 16.8. The highest BCUT2D eigenvalue weighted by atomic mass is 28.3. The van der Waals surface area contributed by atoms with Crippen molar-refractivity contribution in [3.63, 3.8) is 0 Å². The molecule has 0 unspecified atom stereocenters. The second-order valence-electron chi connectivity index (χ2n) is 18.0. The van der Waals surface area contributed by atoms with E-state index in [-0.39, 0.29) is 59.8 Å². The Bertz CT molecular complexity index is 1480. The van der Waals surface area contributed by atoms with E-state index in [1.807, 2.05) is 71.9 Å². The van der Waals surface area contributed by atoms with Gasteiger partial charge in [0.05, 0.1) is 48.8 Å². The van der Waals surface area contributed by atoms with Gasteiger partial charge in [-0.05, 0) is 49.5 Å². The summed E-state index contributed by atoms with van der Waals surface area (Å²) >= 11 is 0. The number of carbonyl (C=O) groups is 5. The summed E-state index contributed by atoms with van der Waals surface area (Å²) in [6.45, 7) is 20.2. The molecule has 0 bridgehead atoms. The van der Waals surface area contributed by atoms with Crippen molar-refractivity contribution in [1.29, 1.82) is 0 Å². The molecule has 1 aliphatic rings. The molecule has 1 heterocycles. The molecule has 2 rings (SSSR count). The number of likely N-dealkylation sites (tertiary alicyclic amines) is 1. The minimum atomic E-state index is -0.890. The second kappa shape index (κ2) is 24.8. The van der Waals surface area contributed by atoms with E-state index >= 15 is 0 Å². The lowest BCUT2D eigenvalue weighted by atomic mass is 9.89. The number of benzene rings is 1. The van der Waals surface area contributed by atoms with Crippen LogP contribution in [0.2, 0.25) is 19.1 Å². The number of nitrogens with zero attached hydrogens (tertiary/aromatic N) is 3. The van der Waals surface area contributed by atoms with Crippen LogP contribution in [0.25, 0.3) is 0 Å². The minimum Gasteiger partial charge on any atom is -0.386 e. The molecule has 1 fully saturated rings. The van der Waals surface area contributed by atoms with E-state index in [0.29, 0.717) is 31.4 Å². The number of rotatable bonds is 24. The largest absolute Gasteiger partial charge is 0.386 e. The van der Waals surface area contributed by atoms with Crippen molar-refractivity contribution >= 4 is 38.3 Å². The Labute approximate surface area is 357 Å². The van der Waals surface area contributed by atoms with E-state index in [0.717, 1.165) is 18.9 Å². The molecule has 1 saturated heterocycles. The monoisotopic (exact) mass is 846 g/mol. The summed E-state index contributed by atoms with van der Waals surface area (Å²) in [7, 11) is 5.68. The van der Waals surface area contributed by atoms with E-state index in [9.17, 15) is 29.1 Å². The fourth-order valence-corrected chi connectivity index (χ4v) is 9.59. The lowest BCUT2D eigenvalue weighted by Gasteiger charge is -2.41. The van der Waals surface area contributed by atoms with Crippen molar-refractivity contribution in [2.75, 3.05) is 34.9 Å². The van der Waals surface area contributed by atoms with Gasteiger partial charge in [0.25, 0.3) is 0 Å². The molecule has 14 heteroatoms. The zero-order valence-corrected chi connectivity index (χ0v) is 39.9. The molecule has 1 aromatic rings. The summed E-state index contributed by atoms with van der Waals surface area (Å²) < 4.78 is 12.0. The molecule has 13 nitrogen and oxygen atoms in total. The molecule has 3 N–H and O–H groups in total. The van der Waals surface area contributed by atoms with Gasteiger partial charge in [0.1, 0.15) is 12.1 Å². The molecular formula is C45H79N5O8Si. The second-order valence-corrected chi connectivity index (χ2v) is 21.3. The SMILES string of the molecule is CC[C@@H](C)[C@H]([C@H](CC(=O)N1CCC[C@@H]1[C@@H](OC)[C@H](C)C(=O)N[C@@H](C)[C@H](O)c1ccccc1)OC)N(C)C(=O)[C@H](NC(=O)[C@@H](C(C)C)N(C)C(=O)CCC[SiH](C)C)C(C)C. The van der Waals surface area contributed by atoms with E-state index in [1.54, 1.807) is 52.0 Å². The summed E-state index contributed by atoms with van der Waals surface area (Å²) in [5.74, 6) is -2.31. The van der Waals surface area contributed by atoms with Gasteiger partial charge < -0.3 is 39.9 Å². The van der Waals surface area contributed by atoms with E-state index in [2.05, 4.69) is 23.7 Å². The standard InChI is InChI=1S/C45H79N5O8Si/c1-15-30(6)40(49(10)45(56)38(28(2)3)47-44(55)39(29(4)5)48(9)36(51)24-20-26-59(13)14)35(57-11)27-37(52)50-25-19-23-34(50)42(58-12)31(7)43(54)46-32(8)41(53)33-21-17-16-18-22-33/h16-18,21-22,28-32,34-35,38-42,53,59H,15,19-20,23-27H2,1-14H3,(H,46,54)(H,47,55)/t30-,31+,32+,34-,35+,38-,39-,40-,41+,42+/m1/s1. The van der Waals surface area contributed by atoms with Crippen molar-refractivity contribution < 1.29 is 38.6 Å². The highest BCUT2D eigenvalue weighted by molar-refractivity contribution is 6.55. The molecule has 0 aromatic heterocycles. The number of nitrogens with one attached hydrogen (secondary N) is 2. The van der Waals surface area contributed by atoms with Gasteiger partial charge in [-0.25, -0.2) is 0 Å². The summed E-state index contributed by atoms with van der Waals surface area (Å²) in [6.07, 6.45) is 1.14. The Morgan fingerprint density at radius 1 is 0.898 bits per heavy atom. The summed E-state index contributed by atoms with van der Waals surface area (Å²) in [6, 6.07) is 7.19. The van der Waals surface area contributed by atoms with Crippen molar-refractivity contribution in [3.05, 3.63) is 35.9 Å². The molecule has 0 saturated carbocycles. The first-order chi connectivity index (χ1) is 27.7. The van der Waals surface area contributed by atoms with Crippen LogP contribution in [0, 0.1) is 23.7 Å². The number of likely N-dealkylation sites (N-methyl/N-ethyl adjacent to an activating group) is 2. The molecule has 0 aliphatic carbocycles. The Kier molecular flexibility index (Phi) is 21.8. The Morgan fingerprint density at radius 3 is 2.05 bits per heavy atom. The molecule has 10 atom stereocenters. The van der Waals surface area contributed by atoms with Gasteiger partial charge in [-0.15, -0.1) is 0 Å². The Morgan fingerprint density at radius 2 is 1.53 bits per heavy atom. The van der Waals surface area contributed by atoms with Crippen LogP contribution in [0.3, 0.4) is 0 Å². The molecule has 1 aliphatic heterocycles. The molecule has 5 amide bonds. The zero-order valence-electron chi connectivity index (χ0n) is 38.7. The molecule has 59 heavy (non-hydrogen) atoms. The molecular weight excluding hydrogens is 767 g/mol. The third-order valence-electron chi connectivity index (χ3n) is 12.4. The normalized spacial score (nSPS) is 19.0. The minimum absolute atomic E-state index is 0.00271. The average molecular weight is 846 g/mol. The molecule has 0 spiro atoms. The van der Waals surface area contributed by atoms with Gasteiger partial charge in [-0.1, -0.05) is 104 Å². The first-order valence-electron chi connectivity index (χ1n) is 21.9. The van der Waals surface area contributed by atoms with Gasteiger partial charge in [-0.2, -0.15) is 0 Å². The number of hydrogen-bond acceptors (Lipinski definition) is 8. The van der Waals surface area contributed by atoms with E-state index < -0.39 is 57.2 Å². The summed E-state index contributed by atoms with van der Waals surface area (Å²) in [4.78, 5) is 74.4. The lowest BCUT2D eigenvalue weighted by molar-refractivity contribution is -0.148. The van der Waals surface area contributed by atoms with Gasteiger partial charge >= 0.3 is 0 Å². The van der Waals surface area contributed by atoms with Crippen LogP contribution in [-0.4, -0.2) is 135 Å². The third-order valence-corrected chi connectivity index (χ3v) is 13.9. The lowest BCUT2D eigenvalue weighted by Crippen LogP contribution is -2.60. The zero-order chi connectivity index (χ0) is 44.7. The number of aliphatic hydroxyl groups is 1. The van der Waals surface area contributed by atoms with E-state index in [4.69, 9.17) is 9.47 Å². The van der Waals surface area contributed by atoms with Gasteiger partial charge in [0.2, 0.25) is 29.5 Å². The van der Waals surface area contributed by atoms with Crippen molar-refractivity contribution in [2.24, 2.45) is 23.7 Å². The van der Waals surface area contributed by atoms with Crippen molar-refractivity contribution in [1.82, 2.24) is 25.3 Å². The molecule has 0 radical (unpaired) electrons.